The first-order chi connectivity index (χ1) is 14.9. The molecule has 4 rings (SSSR count). The highest BCUT2D eigenvalue weighted by Gasteiger charge is 2.21. The molecule has 1 aliphatic heterocycles. The predicted molar refractivity (Wildman–Crippen MR) is 127 cm³/mol. The molecule has 0 bridgehead atoms. The van der Waals surface area contributed by atoms with Gasteiger partial charge in [0.1, 0.15) is 21.4 Å². The van der Waals surface area contributed by atoms with E-state index in [1.807, 2.05) is 29.7 Å². The zero-order chi connectivity index (χ0) is 22.1. The minimum atomic E-state index is -0.341. The van der Waals surface area contributed by atoms with Gasteiger partial charge in [0.05, 0.1) is 12.5 Å². The molecule has 3 heterocycles. The summed E-state index contributed by atoms with van der Waals surface area (Å²) in [6.45, 7) is 5.04. The van der Waals surface area contributed by atoms with Crippen LogP contribution in [0.25, 0.3) is 10.2 Å². The van der Waals surface area contributed by atoms with Crippen molar-refractivity contribution in [2.24, 2.45) is 5.92 Å². The van der Waals surface area contributed by atoms with Crippen molar-refractivity contribution in [3.63, 3.8) is 0 Å². The third kappa shape index (κ3) is 4.48. The first kappa shape index (κ1) is 21.8. The molecule has 164 valence electrons. The number of carbonyl (C=O) groups is 1. The van der Waals surface area contributed by atoms with E-state index in [0.29, 0.717) is 40.0 Å². The summed E-state index contributed by atoms with van der Waals surface area (Å²) >= 11 is 4.79. The number of rotatable bonds is 4. The number of ether oxygens (including phenoxy) is 1. The molecule has 1 aromatic carbocycles. The fourth-order valence-electron chi connectivity index (χ4n) is 3.98. The van der Waals surface area contributed by atoms with E-state index < -0.39 is 0 Å². The van der Waals surface area contributed by atoms with Gasteiger partial charge < -0.3 is 10.1 Å². The van der Waals surface area contributed by atoms with Crippen molar-refractivity contribution >= 4 is 48.5 Å². The topological polar surface area (TPSA) is 85.2 Å². The minimum absolute atomic E-state index is 0.00479. The van der Waals surface area contributed by atoms with Gasteiger partial charge in [-0.25, -0.2) is 9.78 Å². The Morgan fingerprint density at radius 3 is 3.00 bits per heavy atom. The quantitative estimate of drug-likeness (QED) is 0.532. The third-order valence-electron chi connectivity index (χ3n) is 5.63. The number of halogens is 1. The van der Waals surface area contributed by atoms with Crippen molar-refractivity contribution < 1.29 is 9.53 Å². The summed E-state index contributed by atoms with van der Waals surface area (Å²) in [7, 11) is 1.60. The summed E-state index contributed by atoms with van der Waals surface area (Å²) in [5.41, 5.74) is 1.62. The molecule has 0 spiro atoms. The van der Waals surface area contributed by atoms with Crippen LogP contribution in [0.2, 0.25) is 0 Å². The maximum Gasteiger partial charge on any atom is 0.320 e. The molecule has 31 heavy (non-hydrogen) atoms. The van der Waals surface area contributed by atoms with Crippen molar-refractivity contribution in [2.75, 3.05) is 12.4 Å². The number of amides is 2. The summed E-state index contributed by atoms with van der Waals surface area (Å²) in [5.74, 6) is 2.01. The number of hydrogen-bond donors (Lipinski definition) is 2. The van der Waals surface area contributed by atoms with Crippen LogP contribution in [0.5, 0.6) is 5.75 Å². The molecule has 0 aliphatic carbocycles. The number of benzene rings is 1. The SMILES string of the molecule is COc1ccc(Br)cc1CNC(=O)Nc1sc2nc3n(c(=O)c2c1C)CC(C)CCC3. The number of urea groups is 1. The first-order valence-corrected chi connectivity index (χ1v) is 11.9. The van der Waals surface area contributed by atoms with Crippen LogP contribution in [0.15, 0.2) is 27.5 Å². The van der Waals surface area contributed by atoms with Crippen LogP contribution in [0.3, 0.4) is 0 Å². The van der Waals surface area contributed by atoms with E-state index in [1.165, 1.54) is 11.3 Å². The average Bonchev–Trinajstić information content (AvgIpc) is 2.91. The lowest BCUT2D eigenvalue weighted by molar-refractivity contribution is 0.251. The maximum absolute atomic E-state index is 13.2. The van der Waals surface area contributed by atoms with Crippen LogP contribution in [0.1, 0.15) is 36.7 Å². The number of aryl methyl sites for hydroxylation is 2. The highest BCUT2D eigenvalue weighted by atomic mass is 79.9. The van der Waals surface area contributed by atoms with Crippen molar-refractivity contribution in [3.05, 3.63) is 50.0 Å². The number of hydrogen-bond acceptors (Lipinski definition) is 5. The molecule has 2 aromatic heterocycles. The highest BCUT2D eigenvalue weighted by molar-refractivity contribution is 9.10. The Morgan fingerprint density at radius 1 is 1.42 bits per heavy atom. The van der Waals surface area contributed by atoms with Gasteiger partial charge in [-0.2, -0.15) is 0 Å². The molecule has 0 radical (unpaired) electrons. The Hall–Kier alpha value is -2.39. The zero-order valence-electron chi connectivity index (χ0n) is 17.8. The lowest BCUT2D eigenvalue weighted by atomic mass is 10.1. The molecule has 1 aliphatic rings. The number of anilines is 1. The Labute approximate surface area is 193 Å². The van der Waals surface area contributed by atoms with Crippen LogP contribution >= 0.6 is 27.3 Å². The number of nitrogens with zero attached hydrogens (tertiary/aromatic N) is 2. The largest absolute Gasteiger partial charge is 0.496 e. The monoisotopic (exact) mass is 504 g/mol. The summed E-state index contributed by atoms with van der Waals surface area (Å²) < 4.78 is 8.08. The number of fused-ring (bicyclic) bond motifs is 2. The molecule has 7 nitrogen and oxygen atoms in total. The second kappa shape index (κ2) is 9.00. The Balaban J connectivity index is 1.56. The molecule has 1 atom stereocenters. The summed E-state index contributed by atoms with van der Waals surface area (Å²) in [4.78, 5) is 31.2. The zero-order valence-corrected chi connectivity index (χ0v) is 20.2. The van der Waals surface area contributed by atoms with E-state index in [-0.39, 0.29) is 11.6 Å². The molecule has 1 unspecified atom stereocenters. The van der Waals surface area contributed by atoms with Gasteiger partial charge in [0.25, 0.3) is 5.56 Å². The fraction of sp³-hybridized carbons (Fsp3) is 0.409. The third-order valence-corrected chi connectivity index (χ3v) is 7.22. The van der Waals surface area contributed by atoms with Crippen LogP contribution in [-0.4, -0.2) is 22.7 Å². The Morgan fingerprint density at radius 2 is 2.23 bits per heavy atom. The molecule has 3 aromatic rings. The van der Waals surface area contributed by atoms with Gasteiger partial charge in [0.2, 0.25) is 0 Å². The van der Waals surface area contributed by atoms with Crippen molar-refractivity contribution in [3.8, 4) is 5.75 Å². The molecule has 2 N–H and O–H groups in total. The molecule has 0 saturated heterocycles. The van der Waals surface area contributed by atoms with Gasteiger partial charge in [-0.15, -0.1) is 0 Å². The molecular weight excluding hydrogens is 480 g/mol. The van der Waals surface area contributed by atoms with E-state index in [4.69, 9.17) is 9.72 Å². The first-order valence-electron chi connectivity index (χ1n) is 10.3. The van der Waals surface area contributed by atoms with Crippen molar-refractivity contribution in [1.82, 2.24) is 14.9 Å². The van der Waals surface area contributed by atoms with E-state index in [9.17, 15) is 9.59 Å². The lowest BCUT2D eigenvalue weighted by Crippen LogP contribution is -2.28. The van der Waals surface area contributed by atoms with Crippen LogP contribution in [0, 0.1) is 12.8 Å². The number of nitrogens with one attached hydrogen (secondary N) is 2. The molecule has 9 heteroatoms. The van der Waals surface area contributed by atoms with Gasteiger partial charge in [0, 0.05) is 29.5 Å². The normalized spacial score (nSPS) is 15.9. The van der Waals surface area contributed by atoms with Crippen LogP contribution in [0.4, 0.5) is 9.80 Å². The van der Waals surface area contributed by atoms with Gasteiger partial charge in [-0.05, 0) is 49.4 Å². The Kier molecular flexibility index (Phi) is 6.34. The number of methoxy groups -OCH3 is 1. The predicted octanol–water partition coefficient (Wildman–Crippen LogP) is 4.83. The Bertz CT molecular complexity index is 1200. The van der Waals surface area contributed by atoms with E-state index in [1.54, 1.807) is 7.11 Å². The molecule has 0 fully saturated rings. The van der Waals surface area contributed by atoms with E-state index >= 15 is 0 Å². The molecular formula is C22H25BrN4O3S. The van der Waals surface area contributed by atoms with E-state index in [0.717, 1.165) is 40.7 Å². The van der Waals surface area contributed by atoms with Gasteiger partial charge in [-0.1, -0.05) is 34.2 Å². The summed E-state index contributed by atoms with van der Waals surface area (Å²) in [6.07, 6.45) is 2.95. The molecule has 0 saturated carbocycles. The summed E-state index contributed by atoms with van der Waals surface area (Å²) in [5, 5.41) is 6.99. The van der Waals surface area contributed by atoms with Gasteiger partial charge in [-0.3, -0.25) is 14.7 Å². The van der Waals surface area contributed by atoms with Crippen molar-refractivity contribution in [2.45, 2.75) is 46.2 Å². The maximum atomic E-state index is 13.2. The van der Waals surface area contributed by atoms with Crippen LogP contribution in [-0.2, 0) is 19.5 Å². The second-order valence-corrected chi connectivity index (χ2v) is 9.86. The standard InChI is InChI=1S/C22H25BrN4O3S/c1-12-5-4-6-17-25-20-18(21(28)27(17)11-12)13(2)19(31-20)26-22(29)24-10-14-9-15(23)7-8-16(14)30-3/h7-9,12H,4-6,10-11H2,1-3H3,(H2,24,26,29). The summed E-state index contributed by atoms with van der Waals surface area (Å²) in [6, 6.07) is 5.30. The average molecular weight is 505 g/mol. The van der Waals surface area contributed by atoms with Crippen LogP contribution < -0.4 is 20.9 Å². The lowest BCUT2D eigenvalue weighted by Gasteiger charge is -2.11. The smallest absolute Gasteiger partial charge is 0.320 e. The molecule has 2 amide bonds. The van der Waals surface area contributed by atoms with E-state index in [2.05, 4.69) is 33.5 Å². The highest BCUT2D eigenvalue weighted by Crippen LogP contribution is 2.33. The fourth-order valence-corrected chi connectivity index (χ4v) is 5.47. The van der Waals surface area contributed by atoms with Gasteiger partial charge >= 0.3 is 6.03 Å². The number of thiophene rings is 1. The number of carbonyl (C=O) groups excluding carboxylic acids is 1. The number of aromatic nitrogens is 2. The van der Waals surface area contributed by atoms with Crippen molar-refractivity contribution in [1.29, 1.82) is 0 Å². The second-order valence-electron chi connectivity index (χ2n) is 7.94. The van der Waals surface area contributed by atoms with Gasteiger partial charge in [0.15, 0.2) is 0 Å². The minimum Gasteiger partial charge on any atom is -0.496 e.